The molecule has 2 aromatic carbocycles. The highest BCUT2D eigenvalue weighted by atomic mass is 31.2. The molecule has 5 heteroatoms. The van der Waals surface area contributed by atoms with Crippen molar-refractivity contribution in [3.63, 3.8) is 0 Å². The molecular formula is C25H37O4P. The summed E-state index contributed by atoms with van der Waals surface area (Å²) in [6.45, 7) is 16.9. The van der Waals surface area contributed by atoms with Gasteiger partial charge >= 0.3 is 7.82 Å². The van der Waals surface area contributed by atoms with Crippen molar-refractivity contribution in [3.05, 3.63) is 69.8 Å². The summed E-state index contributed by atoms with van der Waals surface area (Å²) in [5.41, 5.74) is 5.66. The van der Waals surface area contributed by atoms with Crippen LogP contribution < -0.4 is 0 Å². The fraction of sp³-hybridized carbons (Fsp3) is 0.520. The quantitative estimate of drug-likeness (QED) is 0.504. The highest BCUT2D eigenvalue weighted by Crippen LogP contribution is 2.48. The Labute approximate surface area is 181 Å². The van der Waals surface area contributed by atoms with Crippen molar-refractivity contribution in [1.29, 1.82) is 0 Å². The van der Waals surface area contributed by atoms with E-state index in [1.165, 1.54) is 11.1 Å². The Balaban J connectivity index is 2.84. The summed E-state index contributed by atoms with van der Waals surface area (Å²) in [5, 5.41) is 0. The first kappa shape index (κ1) is 24.8. The number of hydrogen-bond donors (Lipinski definition) is 2. The molecule has 2 aromatic rings. The van der Waals surface area contributed by atoms with Crippen LogP contribution in [0.25, 0.3) is 0 Å². The minimum absolute atomic E-state index is 0.206. The Morgan fingerprint density at radius 2 is 1.17 bits per heavy atom. The molecule has 0 fully saturated rings. The van der Waals surface area contributed by atoms with Crippen LogP contribution >= 0.6 is 7.82 Å². The van der Waals surface area contributed by atoms with Crippen LogP contribution in [0, 0.1) is 0 Å². The van der Waals surface area contributed by atoms with Gasteiger partial charge in [0.1, 0.15) is 6.10 Å². The predicted molar refractivity (Wildman–Crippen MR) is 124 cm³/mol. The van der Waals surface area contributed by atoms with Gasteiger partial charge in [-0.25, -0.2) is 4.57 Å². The van der Waals surface area contributed by atoms with Crippen molar-refractivity contribution in [1.82, 2.24) is 0 Å². The van der Waals surface area contributed by atoms with Gasteiger partial charge in [0.2, 0.25) is 0 Å². The zero-order valence-electron chi connectivity index (χ0n) is 19.6. The number of hydrogen-bond acceptors (Lipinski definition) is 2. The van der Waals surface area contributed by atoms with Crippen LogP contribution in [0.1, 0.15) is 94.9 Å². The maximum atomic E-state index is 12.0. The molecule has 0 aliphatic rings. The normalized spacial score (nSPS) is 13.2. The molecule has 4 nitrogen and oxygen atoms in total. The van der Waals surface area contributed by atoms with E-state index in [-0.39, 0.29) is 10.8 Å². The third-order valence-electron chi connectivity index (χ3n) is 5.48. The molecule has 0 aliphatic carbocycles. The summed E-state index contributed by atoms with van der Waals surface area (Å²) in [6.07, 6.45) is 0.934. The van der Waals surface area contributed by atoms with Gasteiger partial charge in [-0.15, -0.1) is 0 Å². The fourth-order valence-electron chi connectivity index (χ4n) is 3.82. The van der Waals surface area contributed by atoms with E-state index in [4.69, 9.17) is 4.52 Å². The van der Waals surface area contributed by atoms with E-state index in [0.29, 0.717) is 0 Å². The van der Waals surface area contributed by atoms with Crippen molar-refractivity contribution in [2.45, 2.75) is 85.2 Å². The van der Waals surface area contributed by atoms with Crippen LogP contribution in [0.5, 0.6) is 0 Å². The molecule has 0 unspecified atom stereocenters. The second-order valence-corrected chi connectivity index (χ2v) is 11.2. The molecule has 0 saturated heterocycles. The van der Waals surface area contributed by atoms with Crippen molar-refractivity contribution >= 4 is 7.82 Å². The summed E-state index contributed by atoms with van der Waals surface area (Å²) in [6, 6.07) is 12.3. The largest absolute Gasteiger partial charge is 0.470 e. The Morgan fingerprint density at radius 1 is 0.800 bits per heavy atom. The second-order valence-electron chi connectivity index (χ2n) is 10.0. The average Bonchev–Trinajstić information content (AvgIpc) is 2.63. The van der Waals surface area contributed by atoms with Crippen LogP contribution in [0.3, 0.4) is 0 Å². The molecule has 0 amide bonds. The summed E-state index contributed by atoms with van der Waals surface area (Å²) in [7, 11) is -4.73. The van der Waals surface area contributed by atoms with Gasteiger partial charge < -0.3 is 9.79 Å². The molecule has 0 spiro atoms. The number of benzene rings is 2. The lowest BCUT2D eigenvalue weighted by atomic mass is 9.76. The first-order chi connectivity index (χ1) is 13.7. The van der Waals surface area contributed by atoms with E-state index in [1.54, 1.807) is 0 Å². The van der Waals surface area contributed by atoms with E-state index < -0.39 is 13.9 Å². The van der Waals surface area contributed by atoms with Crippen molar-refractivity contribution in [2.75, 3.05) is 0 Å². The van der Waals surface area contributed by atoms with E-state index in [1.807, 2.05) is 24.3 Å². The lowest BCUT2D eigenvalue weighted by Gasteiger charge is -2.32. The van der Waals surface area contributed by atoms with Crippen LogP contribution in [0.15, 0.2) is 36.4 Å². The minimum atomic E-state index is -4.73. The Bertz CT molecular complexity index is 864. The molecule has 0 saturated carbocycles. The maximum Gasteiger partial charge on any atom is 0.470 e. The summed E-state index contributed by atoms with van der Waals surface area (Å²) in [5.74, 6) is 0. The SMILES string of the molecule is CCc1ccc(C(OP(=O)(O)O)c2ccc(CC)cc2C(C)(C)C)c(C(C)(C)C)c1. The van der Waals surface area contributed by atoms with Crippen LogP contribution in [0.2, 0.25) is 0 Å². The van der Waals surface area contributed by atoms with Gasteiger partial charge in [-0.2, -0.15) is 0 Å². The second kappa shape index (κ2) is 8.96. The molecule has 0 bridgehead atoms. The highest BCUT2D eigenvalue weighted by molar-refractivity contribution is 7.46. The van der Waals surface area contributed by atoms with Gasteiger partial charge in [-0.1, -0.05) is 91.8 Å². The highest BCUT2D eigenvalue weighted by Gasteiger charge is 2.33. The van der Waals surface area contributed by atoms with E-state index in [9.17, 15) is 14.4 Å². The molecular weight excluding hydrogens is 395 g/mol. The number of phosphoric acid groups is 1. The number of phosphoric ester groups is 1. The van der Waals surface area contributed by atoms with Crippen LogP contribution in [-0.4, -0.2) is 9.79 Å². The van der Waals surface area contributed by atoms with Crippen molar-refractivity contribution in [2.24, 2.45) is 0 Å². The third kappa shape index (κ3) is 6.04. The number of aryl methyl sites for hydroxylation is 2. The van der Waals surface area contributed by atoms with E-state index in [0.717, 1.165) is 35.1 Å². The molecule has 0 heterocycles. The van der Waals surface area contributed by atoms with Gasteiger partial charge in [0.25, 0.3) is 0 Å². The lowest BCUT2D eigenvalue weighted by Crippen LogP contribution is -2.22. The van der Waals surface area contributed by atoms with Crippen molar-refractivity contribution < 1.29 is 18.9 Å². The summed E-state index contributed by atoms with van der Waals surface area (Å²) >= 11 is 0. The first-order valence-corrected chi connectivity index (χ1v) is 12.2. The van der Waals surface area contributed by atoms with Crippen molar-refractivity contribution in [3.8, 4) is 0 Å². The molecule has 0 radical (unpaired) electrons. The molecule has 30 heavy (non-hydrogen) atoms. The molecule has 0 aromatic heterocycles. The lowest BCUT2D eigenvalue weighted by molar-refractivity contribution is 0.155. The molecule has 0 aliphatic heterocycles. The molecule has 2 rings (SSSR count). The zero-order chi connectivity index (χ0) is 22.9. The third-order valence-corrected chi connectivity index (χ3v) is 5.96. The van der Waals surface area contributed by atoms with Gasteiger partial charge in [0.05, 0.1) is 0 Å². The Hall–Kier alpha value is -1.45. The Morgan fingerprint density at radius 3 is 1.43 bits per heavy atom. The topological polar surface area (TPSA) is 66.8 Å². The standard InChI is InChI=1S/C25H37O4P/c1-9-17-11-13-19(21(15-17)24(3,4)5)23(29-30(26,27)28)20-14-12-18(10-2)16-22(20)25(6,7)8/h11-16,23H,9-10H2,1-8H3,(H2,26,27,28). The smallest absolute Gasteiger partial charge is 0.303 e. The molecule has 166 valence electrons. The maximum absolute atomic E-state index is 12.0. The van der Waals surface area contributed by atoms with Gasteiger partial charge in [0.15, 0.2) is 0 Å². The minimum Gasteiger partial charge on any atom is -0.303 e. The van der Waals surface area contributed by atoms with E-state index in [2.05, 4.69) is 67.5 Å². The van der Waals surface area contributed by atoms with E-state index >= 15 is 0 Å². The fourth-order valence-corrected chi connectivity index (χ4v) is 4.32. The van der Waals surface area contributed by atoms with Gasteiger partial charge in [-0.3, -0.25) is 4.52 Å². The zero-order valence-corrected chi connectivity index (χ0v) is 20.5. The molecule has 2 N–H and O–H groups in total. The average molecular weight is 433 g/mol. The predicted octanol–water partition coefficient (Wildman–Crippen LogP) is 6.61. The molecule has 0 atom stereocenters. The first-order valence-electron chi connectivity index (χ1n) is 10.7. The van der Waals surface area contributed by atoms with Crippen LogP contribution in [0.4, 0.5) is 0 Å². The number of rotatable bonds is 6. The monoisotopic (exact) mass is 432 g/mol. The van der Waals surface area contributed by atoms with Gasteiger partial charge in [-0.05, 0) is 57.1 Å². The van der Waals surface area contributed by atoms with Gasteiger partial charge in [0, 0.05) is 0 Å². The van der Waals surface area contributed by atoms with Crippen LogP contribution in [-0.2, 0) is 32.8 Å². The summed E-state index contributed by atoms with van der Waals surface area (Å²) in [4.78, 5) is 19.6. The summed E-state index contributed by atoms with van der Waals surface area (Å²) < 4.78 is 17.5. The Kier molecular flexibility index (Phi) is 7.41.